The van der Waals surface area contributed by atoms with Gasteiger partial charge >= 0.3 is 0 Å². The molecule has 0 saturated carbocycles. The molecule has 1 heterocycles. The molecule has 1 rings (SSSR count). The molecule has 0 N–H and O–H groups in total. The van der Waals surface area contributed by atoms with Gasteiger partial charge in [-0.2, -0.15) is 0 Å². The van der Waals surface area contributed by atoms with Crippen molar-refractivity contribution in [1.29, 1.82) is 0 Å². The molecule has 0 bridgehead atoms. The van der Waals surface area contributed by atoms with Gasteiger partial charge < -0.3 is 4.74 Å². The molecule has 70 valence electrons. The van der Waals surface area contributed by atoms with E-state index in [1.165, 1.54) is 31.5 Å². The van der Waals surface area contributed by atoms with Gasteiger partial charge in [0, 0.05) is 6.54 Å². The number of allylic oxidation sites excluding steroid dienone is 1. The minimum absolute atomic E-state index is 0.838. The van der Waals surface area contributed by atoms with Crippen molar-refractivity contribution in [3.8, 4) is 0 Å². The van der Waals surface area contributed by atoms with Crippen LogP contribution in [0, 0.1) is 0 Å². The molecule has 0 amide bonds. The van der Waals surface area contributed by atoms with Gasteiger partial charge in [0.2, 0.25) is 0 Å². The Morgan fingerprint density at radius 3 is 2.58 bits per heavy atom. The summed E-state index contributed by atoms with van der Waals surface area (Å²) in [4.78, 5) is 2.46. The van der Waals surface area contributed by atoms with Crippen molar-refractivity contribution in [2.75, 3.05) is 26.2 Å². The lowest BCUT2D eigenvalue weighted by Crippen LogP contribution is -2.23. The van der Waals surface area contributed by atoms with Crippen molar-refractivity contribution in [3.63, 3.8) is 0 Å². The van der Waals surface area contributed by atoms with E-state index in [1.807, 2.05) is 6.26 Å². The zero-order valence-electron chi connectivity index (χ0n) is 8.18. The summed E-state index contributed by atoms with van der Waals surface area (Å²) in [5, 5.41) is 0. The fourth-order valence-corrected chi connectivity index (χ4v) is 1.41. The van der Waals surface area contributed by atoms with Crippen LogP contribution in [0.15, 0.2) is 11.8 Å². The molecule has 0 unspecified atom stereocenters. The van der Waals surface area contributed by atoms with Gasteiger partial charge in [0.1, 0.15) is 0 Å². The fraction of sp³-hybridized carbons (Fsp3) is 0.800. The van der Waals surface area contributed by atoms with Crippen LogP contribution in [-0.4, -0.2) is 31.1 Å². The molecule has 0 aliphatic carbocycles. The minimum Gasteiger partial charge on any atom is -0.500 e. The lowest BCUT2D eigenvalue weighted by atomic mass is 10.4. The van der Waals surface area contributed by atoms with Crippen LogP contribution in [0.1, 0.15) is 26.7 Å². The Balaban J connectivity index is 1.98. The van der Waals surface area contributed by atoms with E-state index in [1.54, 1.807) is 0 Å². The molecule has 2 nitrogen and oxygen atoms in total. The monoisotopic (exact) mass is 169 g/mol. The second-order valence-electron chi connectivity index (χ2n) is 3.61. The lowest BCUT2D eigenvalue weighted by Gasteiger charge is -2.13. The van der Waals surface area contributed by atoms with Gasteiger partial charge in [-0.15, -0.1) is 0 Å². The summed E-state index contributed by atoms with van der Waals surface area (Å²) >= 11 is 0. The maximum atomic E-state index is 5.35. The van der Waals surface area contributed by atoms with Gasteiger partial charge in [-0.25, -0.2) is 0 Å². The molecule has 1 aliphatic rings. The molecule has 0 atom stereocenters. The smallest absolute Gasteiger partial charge is 0.1000 e. The first kappa shape index (κ1) is 9.59. The van der Waals surface area contributed by atoms with Crippen LogP contribution in [0.2, 0.25) is 0 Å². The molecule has 2 heteroatoms. The number of likely N-dealkylation sites (tertiary alicyclic amines) is 1. The van der Waals surface area contributed by atoms with E-state index in [9.17, 15) is 0 Å². The highest BCUT2D eigenvalue weighted by Gasteiger charge is 2.09. The van der Waals surface area contributed by atoms with Gasteiger partial charge in [0.25, 0.3) is 0 Å². The summed E-state index contributed by atoms with van der Waals surface area (Å²) in [5.74, 6) is 0. The van der Waals surface area contributed by atoms with E-state index in [0.717, 1.165) is 13.2 Å². The predicted octanol–water partition coefficient (Wildman–Crippen LogP) is 2.02. The van der Waals surface area contributed by atoms with Gasteiger partial charge in [-0.3, -0.25) is 4.90 Å². The third-order valence-electron chi connectivity index (χ3n) is 2.04. The molecule has 1 aliphatic heterocycles. The van der Waals surface area contributed by atoms with Crippen LogP contribution in [-0.2, 0) is 4.74 Å². The number of nitrogens with zero attached hydrogens (tertiary/aromatic N) is 1. The number of rotatable bonds is 4. The maximum Gasteiger partial charge on any atom is 0.1000 e. The highest BCUT2D eigenvalue weighted by molar-refractivity contribution is 4.86. The van der Waals surface area contributed by atoms with E-state index in [2.05, 4.69) is 18.7 Å². The first-order valence-electron chi connectivity index (χ1n) is 4.76. The van der Waals surface area contributed by atoms with Crippen LogP contribution in [0.3, 0.4) is 0 Å². The molecule has 1 saturated heterocycles. The van der Waals surface area contributed by atoms with E-state index < -0.39 is 0 Å². The topological polar surface area (TPSA) is 12.5 Å². The molecule has 1 fully saturated rings. The van der Waals surface area contributed by atoms with E-state index in [-0.39, 0.29) is 0 Å². The maximum absolute atomic E-state index is 5.35. The van der Waals surface area contributed by atoms with Crippen molar-refractivity contribution in [3.05, 3.63) is 11.8 Å². The third-order valence-corrected chi connectivity index (χ3v) is 2.04. The second-order valence-corrected chi connectivity index (χ2v) is 3.61. The fourth-order valence-electron chi connectivity index (χ4n) is 1.41. The van der Waals surface area contributed by atoms with Crippen LogP contribution in [0.25, 0.3) is 0 Å². The highest BCUT2D eigenvalue weighted by atomic mass is 16.5. The molecule has 0 spiro atoms. The van der Waals surface area contributed by atoms with Gasteiger partial charge in [-0.05, 0) is 45.4 Å². The van der Waals surface area contributed by atoms with E-state index in [0.29, 0.717) is 0 Å². The van der Waals surface area contributed by atoms with Gasteiger partial charge in [0.05, 0.1) is 12.9 Å². The average molecular weight is 169 g/mol. The largest absolute Gasteiger partial charge is 0.500 e. The number of ether oxygens (including phenoxy) is 1. The van der Waals surface area contributed by atoms with Crippen LogP contribution in [0.4, 0.5) is 0 Å². The lowest BCUT2D eigenvalue weighted by molar-refractivity contribution is 0.195. The third kappa shape index (κ3) is 3.77. The summed E-state index contributed by atoms with van der Waals surface area (Å²) in [5.41, 5.74) is 1.23. The molecular formula is C10H19NO. The standard InChI is InChI=1S/C10H19NO/c1-10(2)9-12-8-7-11-5-3-4-6-11/h9H,3-8H2,1-2H3. The molecular weight excluding hydrogens is 150 g/mol. The Bertz CT molecular complexity index is 144. The minimum atomic E-state index is 0.838. The van der Waals surface area contributed by atoms with Gasteiger partial charge in [-0.1, -0.05) is 0 Å². The Kier molecular flexibility index (Phi) is 4.15. The quantitative estimate of drug-likeness (QED) is 0.471. The van der Waals surface area contributed by atoms with Crippen molar-refractivity contribution in [2.45, 2.75) is 26.7 Å². The first-order chi connectivity index (χ1) is 5.79. The Labute approximate surface area is 75.2 Å². The average Bonchev–Trinajstić information content (AvgIpc) is 2.49. The van der Waals surface area contributed by atoms with Crippen LogP contribution < -0.4 is 0 Å². The zero-order chi connectivity index (χ0) is 8.81. The summed E-state index contributed by atoms with van der Waals surface area (Å²) in [6.07, 6.45) is 4.57. The normalized spacial score (nSPS) is 17.8. The summed E-state index contributed by atoms with van der Waals surface area (Å²) in [7, 11) is 0. The van der Waals surface area contributed by atoms with Crippen molar-refractivity contribution in [1.82, 2.24) is 4.90 Å². The Morgan fingerprint density at radius 1 is 1.33 bits per heavy atom. The summed E-state index contributed by atoms with van der Waals surface area (Å²) < 4.78 is 5.35. The molecule has 0 aromatic rings. The summed E-state index contributed by atoms with van der Waals surface area (Å²) in [6.45, 7) is 8.55. The second kappa shape index (κ2) is 5.20. The number of hydrogen-bond donors (Lipinski definition) is 0. The van der Waals surface area contributed by atoms with Crippen LogP contribution >= 0.6 is 0 Å². The molecule has 0 aromatic heterocycles. The predicted molar refractivity (Wildman–Crippen MR) is 51.1 cm³/mol. The van der Waals surface area contributed by atoms with Crippen molar-refractivity contribution < 1.29 is 4.74 Å². The molecule has 12 heavy (non-hydrogen) atoms. The molecule has 0 aromatic carbocycles. The number of hydrogen-bond acceptors (Lipinski definition) is 2. The zero-order valence-corrected chi connectivity index (χ0v) is 8.18. The molecule has 0 radical (unpaired) electrons. The Morgan fingerprint density at radius 2 is 2.00 bits per heavy atom. The van der Waals surface area contributed by atoms with E-state index >= 15 is 0 Å². The Hall–Kier alpha value is -0.500. The summed E-state index contributed by atoms with van der Waals surface area (Å²) in [6, 6.07) is 0. The first-order valence-corrected chi connectivity index (χ1v) is 4.76. The van der Waals surface area contributed by atoms with Crippen molar-refractivity contribution >= 4 is 0 Å². The highest BCUT2D eigenvalue weighted by Crippen LogP contribution is 2.06. The SMILES string of the molecule is CC(C)=COCCN1CCCC1. The van der Waals surface area contributed by atoms with Crippen LogP contribution in [0.5, 0.6) is 0 Å². The van der Waals surface area contributed by atoms with Crippen molar-refractivity contribution in [2.24, 2.45) is 0 Å². The van der Waals surface area contributed by atoms with E-state index in [4.69, 9.17) is 4.74 Å². The van der Waals surface area contributed by atoms with Gasteiger partial charge in [0.15, 0.2) is 0 Å².